The van der Waals surface area contributed by atoms with Crippen molar-refractivity contribution < 1.29 is 0 Å². The van der Waals surface area contributed by atoms with E-state index in [9.17, 15) is 0 Å². The minimum atomic E-state index is 0.507. The van der Waals surface area contributed by atoms with Gasteiger partial charge in [0.1, 0.15) is 0 Å². The van der Waals surface area contributed by atoms with Gasteiger partial charge in [-0.25, -0.2) is 0 Å². The first-order valence-corrected chi connectivity index (χ1v) is 43.8. The average molecular weight is 1290 g/mol. The van der Waals surface area contributed by atoms with Crippen LogP contribution < -0.4 is 0 Å². The Kier molecular flexibility index (Phi) is 25.8. The molecule has 23 aliphatic rings. The predicted molar refractivity (Wildman–Crippen MR) is 409 cm³/mol. The van der Waals surface area contributed by atoms with E-state index < -0.39 is 0 Å². The van der Waals surface area contributed by atoms with E-state index in [2.05, 4.69) is 118 Å². The summed E-state index contributed by atoms with van der Waals surface area (Å²) in [5.41, 5.74) is 6.26. The summed E-state index contributed by atoms with van der Waals surface area (Å²) in [5, 5.41) is 0. The maximum Gasteiger partial charge on any atom is -0.0277 e. The quantitative estimate of drug-likeness (QED) is 0.245. The van der Waals surface area contributed by atoms with Gasteiger partial charge in [-0.1, -0.05) is 195 Å². The van der Waals surface area contributed by atoms with Gasteiger partial charge in [-0.3, -0.25) is 0 Å². The van der Waals surface area contributed by atoms with E-state index in [1.54, 1.807) is 135 Å². The summed E-state index contributed by atoms with van der Waals surface area (Å²) in [6, 6.07) is 0. The molecule has 0 N–H and O–H groups in total. The van der Waals surface area contributed by atoms with E-state index >= 15 is 0 Å². The van der Waals surface area contributed by atoms with E-state index in [0.717, 1.165) is 128 Å². The highest BCUT2D eigenvalue weighted by molar-refractivity contribution is 5.01. The number of hydrogen-bond acceptors (Lipinski definition) is 0. The number of rotatable bonds is 1. The highest BCUT2D eigenvalue weighted by Crippen LogP contribution is 2.62. The van der Waals surface area contributed by atoms with Crippen molar-refractivity contribution in [2.24, 2.45) is 149 Å². The van der Waals surface area contributed by atoms with Gasteiger partial charge in [0, 0.05) is 0 Å². The molecule has 540 valence electrons. The minimum Gasteiger partial charge on any atom is -0.0622 e. The molecular weight excluding hydrogens is 1120 g/mol. The van der Waals surface area contributed by atoms with Crippen LogP contribution in [0.25, 0.3) is 0 Å². The predicted octanol–water partition coefficient (Wildman–Crippen LogP) is 30.3. The summed E-state index contributed by atoms with van der Waals surface area (Å²) in [4.78, 5) is 0. The van der Waals surface area contributed by atoms with Gasteiger partial charge in [0.25, 0.3) is 0 Å². The number of fused-ring (bicyclic) bond motifs is 10. The Morgan fingerprint density at radius 3 is 0.882 bits per heavy atom. The molecule has 93 heavy (non-hydrogen) atoms. The maximum atomic E-state index is 2.57. The third kappa shape index (κ3) is 21.3. The van der Waals surface area contributed by atoms with Crippen LogP contribution in [0.2, 0.25) is 0 Å². The van der Waals surface area contributed by atoms with E-state index in [1.165, 1.54) is 186 Å². The van der Waals surface area contributed by atoms with Crippen LogP contribution in [-0.2, 0) is 0 Å². The van der Waals surface area contributed by atoms with Crippen LogP contribution in [0.4, 0.5) is 0 Å². The molecule has 0 heteroatoms. The lowest BCUT2D eigenvalue weighted by Crippen LogP contribution is -2.44. The molecule has 0 heterocycles. The zero-order valence-corrected chi connectivity index (χ0v) is 66.7. The highest BCUT2D eigenvalue weighted by atomic mass is 14.6. The van der Waals surface area contributed by atoms with Gasteiger partial charge in [0.2, 0.25) is 0 Å². The van der Waals surface area contributed by atoms with Crippen molar-refractivity contribution in [3.05, 3.63) is 0 Å². The van der Waals surface area contributed by atoms with Crippen LogP contribution in [0.5, 0.6) is 0 Å². The van der Waals surface area contributed by atoms with Crippen molar-refractivity contribution in [2.75, 3.05) is 0 Å². The Bertz CT molecular complexity index is 2080. The molecule has 23 saturated carbocycles. The van der Waals surface area contributed by atoms with E-state index in [0.29, 0.717) is 21.7 Å². The summed E-state index contributed by atoms with van der Waals surface area (Å²) in [6.07, 6.45) is 76.5. The third-order valence-corrected chi connectivity index (χ3v) is 34.5. The summed E-state index contributed by atoms with van der Waals surface area (Å²) in [7, 11) is 0. The second-order valence-electron chi connectivity index (χ2n) is 44.8. The van der Waals surface area contributed by atoms with Crippen LogP contribution in [0.15, 0.2) is 0 Å². The summed E-state index contributed by atoms with van der Waals surface area (Å²) < 4.78 is 0. The minimum absolute atomic E-state index is 0.507. The molecule has 0 aromatic rings. The first kappa shape index (κ1) is 75.7. The van der Waals surface area contributed by atoms with Gasteiger partial charge in [0.05, 0.1) is 0 Å². The number of hydrogen-bond donors (Lipinski definition) is 0. The van der Waals surface area contributed by atoms with Crippen LogP contribution >= 0.6 is 0 Å². The van der Waals surface area contributed by atoms with E-state index in [4.69, 9.17) is 0 Å². The Balaban J connectivity index is 0.000000114. The Morgan fingerprint density at radius 2 is 0.613 bits per heavy atom. The van der Waals surface area contributed by atoms with Gasteiger partial charge < -0.3 is 0 Å². The standard InChI is InChI=1S/C13H24.2C11H18.C11H22.2C9H16.2C8H14.C8H16.C5H10/c1-13(10-6-3-7-11-13)12-8-4-2-5-9-12;1-11-5-8-2-9(6-11)4-10(3-8)7-11;1-7-10-3-8-2-9(5-10)6-11(7)4-8;1-10(2,3)11(4)8-6-5-7-9-11;1-9-5-2-8(3-6-9)4-7-9;1-7-6-8-2-4-9(7)5-3-8;1-8-4-2-7(6-8)3-5-8;1-6-4-7-2-3-8(6)5-7;1-7(2,3)8(4)5-6-8;1-5(2)3-4-5/h12H,2-11H2,1H3;8-10H,2-7H2,1H3;7-11H,2-6H2,1H3;5-9H2,1-4H3;8H,2-7H2,1H3;7-9H,2-6H2,1H3;7H,2-6H2,1H3;6-8H,2-5H2,1H3;5-6H2,1-4H3;3-4H2,1-2H3. The van der Waals surface area contributed by atoms with Crippen LogP contribution in [-0.4, -0.2) is 0 Å². The van der Waals surface area contributed by atoms with E-state index in [-0.39, 0.29) is 0 Å². The van der Waals surface area contributed by atoms with Gasteiger partial charge >= 0.3 is 0 Å². The summed E-state index contributed by atoms with van der Waals surface area (Å²) >= 11 is 0. The molecule has 0 radical (unpaired) electrons. The monoisotopic (exact) mass is 1290 g/mol. The smallest absolute Gasteiger partial charge is 0.0277 e. The third-order valence-electron chi connectivity index (χ3n) is 34.5. The molecule has 23 aliphatic carbocycles. The molecule has 4 atom stereocenters. The molecule has 0 aromatic carbocycles. The van der Waals surface area contributed by atoms with Gasteiger partial charge in [-0.2, -0.15) is 0 Å². The molecule has 16 bridgehead atoms. The maximum absolute atomic E-state index is 2.57. The average Bonchev–Trinajstić information content (AvgIpc) is 1.61. The van der Waals surface area contributed by atoms with Crippen molar-refractivity contribution in [3.63, 3.8) is 0 Å². The highest BCUT2D eigenvalue weighted by Gasteiger charge is 2.50. The van der Waals surface area contributed by atoms with Crippen molar-refractivity contribution >= 4 is 0 Å². The van der Waals surface area contributed by atoms with Crippen molar-refractivity contribution in [1.29, 1.82) is 0 Å². The summed E-state index contributed by atoms with van der Waals surface area (Å²) in [5.74, 6) is 19.2. The van der Waals surface area contributed by atoms with Crippen molar-refractivity contribution in [2.45, 2.75) is 439 Å². The first-order chi connectivity index (χ1) is 43.8. The molecule has 23 fully saturated rings. The van der Waals surface area contributed by atoms with Crippen LogP contribution in [0.1, 0.15) is 439 Å². The van der Waals surface area contributed by atoms with Crippen molar-refractivity contribution in [3.8, 4) is 0 Å². The Morgan fingerprint density at radius 1 is 0.247 bits per heavy atom. The normalized spacial score (nSPS) is 44.0. The zero-order chi connectivity index (χ0) is 66.7. The molecule has 4 unspecified atom stereocenters. The Labute approximate surface area is 584 Å². The van der Waals surface area contributed by atoms with Gasteiger partial charge in [-0.05, 0) is 393 Å². The molecule has 0 nitrogen and oxygen atoms in total. The fourth-order valence-corrected chi connectivity index (χ4v) is 25.8. The van der Waals surface area contributed by atoms with E-state index in [1.807, 2.05) is 0 Å². The largest absolute Gasteiger partial charge is 0.0622 e. The lowest BCUT2D eigenvalue weighted by Gasteiger charge is -2.55. The molecule has 0 amide bonds. The lowest BCUT2D eigenvalue weighted by molar-refractivity contribution is -0.0411. The molecule has 23 rings (SSSR count). The van der Waals surface area contributed by atoms with Gasteiger partial charge in [0.15, 0.2) is 0 Å². The fourth-order valence-electron chi connectivity index (χ4n) is 25.8. The van der Waals surface area contributed by atoms with Crippen LogP contribution in [0.3, 0.4) is 0 Å². The van der Waals surface area contributed by atoms with Crippen LogP contribution in [0, 0.1) is 149 Å². The second-order valence-corrected chi connectivity index (χ2v) is 44.8. The SMILES string of the molecule is CC(C)(C)C1(C)CC1.CC(C)(C)C1(C)CCCCC1.CC1(C)CC1.CC1(C2CCCCC2)CCCCC1.CC12CC3CC(CC(C3)C1)C2.CC12CCC(CC1)C2.CC12CCC(CC1)CC2.CC1C2CC3CC(C2)CC1C3.CC1CC2CCC1C2.CC1CC2CCC1CC2. The zero-order valence-electron chi connectivity index (χ0n) is 66.7. The molecule has 0 saturated heterocycles. The summed E-state index contributed by atoms with van der Waals surface area (Å²) in [6.45, 7) is 41.0. The van der Waals surface area contributed by atoms with Gasteiger partial charge in [-0.15, -0.1) is 0 Å². The fraction of sp³-hybridized carbons (Fsp3) is 1.00. The molecule has 0 aliphatic heterocycles. The second kappa shape index (κ2) is 31.7. The topological polar surface area (TPSA) is 0 Å². The molecule has 0 aromatic heterocycles. The Hall–Kier alpha value is 0. The molecule has 0 spiro atoms. The van der Waals surface area contributed by atoms with Crippen molar-refractivity contribution in [1.82, 2.24) is 0 Å². The molecular formula is C93H168. The first-order valence-electron chi connectivity index (χ1n) is 43.8. The lowest BCUT2D eigenvalue weighted by atomic mass is 9.50.